The molecule has 0 unspecified atom stereocenters. The van der Waals surface area contributed by atoms with E-state index in [0.717, 1.165) is 12.8 Å². The van der Waals surface area contributed by atoms with Crippen LogP contribution in [0.4, 0.5) is 0 Å². The second-order valence-corrected chi connectivity index (χ2v) is 7.75. The van der Waals surface area contributed by atoms with Gasteiger partial charge in [-0.2, -0.15) is 4.31 Å². The Morgan fingerprint density at radius 2 is 1.71 bits per heavy atom. The van der Waals surface area contributed by atoms with Crippen LogP contribution in [0.5, 0.6) is 5.75 Å². The fraction of sp³-hybridized carbons (Fsp3) is 0.588. The van der Waals surface area contributed by atoms with E-state index in [9.17, 15) is 13.2 Å². The van der Waals surface area contributed by atoms with Crippen molar-refractivity contribution in [3.8, 4) is 5.75 Å². The minimum absolute atomic E-state index is 0.0700. The van der Waals surface area contributed by atoms with Crippen LogP contribution in [-0.4, -0.2) is 56.3 Å². The van der Waals surface area contributed by atoms with E-state index in [0.29, 0.717) is 45.0 Å². The molecule has 1 aromatic rings. The Hall–Kier alpha value is -1.60. The summed E-state index contributed by atoms with van der Waals surface area (Å²) in [5.41, 5.74) is 0. The van der Waals surface area contributed by atoms with Gasteiger partial charge >= 0.3 is 0 Å². The number of unbranched alkanes of at least 4 members (excludes halogenated alkanes) is 1. The lowest BCUT2D eigenvalue weighted by Crippen LogP contribution is -2.50. The lowest BCUT2D eigenvalue weighted by molar-refractivity contribution is -0.132. The van der Waals surface area contributed by atoms with Crippen LogP contribution in [0.1, 0.15) is 33.1 Å². The fourth-order valence-electron chi connectivity index (χ4n) is 2.59. The predicted molar refractivity (Wildman–Crippen MR) is 92.5 cm³/mol. The van der Waals surface area contributed by atoms with Crippen molar-refractivity contribution in [3.63, 3.8) is 0 Å². The SMILES string of the molecule is CCCCOc1ccc(S(=O)(=O)N2CCN(C(=O)CC)CC2)cc1. The molecule has 1 aliphatic rings. The molecule has 1 aromatic carbocycles. The minimum Gasteiger partial charge on any atom is -0.494 e. The molecule has 0 atom stereocenters. The number of amides is 1. The van der Waals surface area contributed by atoms with E-state index in [4.69, 9.17) is 4.74 Å². The molecular formula is C17H26N2O4S. The lowest BCUT2D eigenvalue weighted by Gasteiger charge is -2.33. The van der Waals surface area contributed by atoms with E-state index in [-0.39, 0.29) is 10.8 Å². The van der Waals surface area contributed by atoms with E-state index < -0.39 is 10.0 Å². The first-order valence-electron chi connectivity index (χ1n) is 8.49. The highest BCUT2D eigenvalue weighted by atomic mass is 32.2. The highest BCUT2D eigenvalue weighted by Gasteiger charge is 2.29. The van der Waals surface area contributed by atoms with Gasteiger partial charge in [0.1, 0.15) is 5.75 Å². The molecule has 7 heteroatoms. The van der Waals surface area contributed by atoms with Crippen molar-refractivity contribution in [1.82, 2.24) is 9.21 Å². The number of ether oxygens (including phenoxy) is 1. The number of piperazine rings is 1. The topological polar surface area (TPSA) is 66.9 Å². The highest BCUT2D eigenvalue weighted by Crippen LogP contribution is 2.21. The maximum Gasteiger partial charge on any atom is 0.243 e. The number of sulfonamides is 1. The molecule has 0 radical (unpaired) electrons. The van der Waals surface area contributed by atoms with Crippen molar-refractivity contribution in [2.45, 2.75) is 38.0 Å². The van der Waals surface area contributed by atoms with E-state index in [2.05, 4.69) is 6.92 Å². The summed E-state index contributed by atoms with van der Waals surface area (Å²) < 4.78 is 32.4. The first-order valence-corrected chi connectivity index (χ1v) is 9.93. The Balaban J connectivity index is 1.99. The maximum absolute atomic E-state index is 12.7. The van der Waals surface area contributed by atoms with Crippen molar-refractivity contribution < 1.29 is 17.9 Å². The van der Waals surface area contributed by atoms with E-state index in [1.54, 1.807) is 29.2 Å². The molecule has 6 nitrogen and oxygen atoms in total. The van der Waals surface area contributed by atoms with Gasteiger partial charge in [-0.05, 0) is 30.7 Å². The van der Waals surface area contributed by atoms with Crippen molar-refractivity contribution in [2.75, 3.05) is 32.8 Å². The zero-order valence-electron chi connectivity index (χ0n) is 14.4. The molecule has 0 aromatic heterocycles. The van der Waals surface area contributed by atoms with E-state index in [1.807, 2.05) is 6.92 Å². The molecule has 1 amide bonds. The van der Waals surface area contributed by atoms with Gasteiger partial charge in [0, 0.05) is 32.6 Å². The number of carbonyl (C=O) groups excluding carboxylic acids is 1. The zero-order valence-corrected chi connectivity index (χ0v) is 15.2. The average Bonchev–Trinajstić information content (AvgIpc) is 2.62. The predicted octanol–water partition coefficient (Wildman–Crippen LogP) is 2.11. The third-order valence-corrected chi connectivity index (χ3v) is 6.03. The summed E-state index contributed by atoms with van der Waals surface area (Å²) >= 11 is 0. The van der Waals surface area contributed by atoms with Crippen molar-refractivity contribution in [3.05, 3.63) is 24.3 Å². The van der Waals surface area contributed by atoms with Crippen LogP contribution in [0.25, 0.3) is 0 Å². The third kappa shape index (κ3) is 4.48. The minimum atomic E-state index is -3.52. The van der Waals surface area contributed by atoms with Gasteiger partial charge in [0.05, 0.1) is 11.5 Å². The van der Waals surface area contributed by atoms with Crippen molar-refractivity contribution >= 4 is 15.9 Å². The molecule has 2 rings (SSSR count). The van der Waals surface area contributed by atoms with E-state index in [1.165, 1.54) is 4.31 Å². The molecule has 1 fully saturated rings. The van der Waals surface area contributed by atoms with Gasteiger partial charge in [0.25, 0.3) is 0 Å². The normalized spacial score (nSPS) is 16.2. The second-order valence-electron chi connectivity index (χ2n) is 5.81. The summed E-state index contributed by atoms with van der Waals surface area (Å²) in [6.07, 6.45) is 2.48. The van der Waals surface area contributed by atoms with Crippen LogP contribution in [0.3, 0.4) is 0 Å². The molecule has 0 spiro atoms. The molecule has 1 aliphatic heterocycles. The summed E-state index contributed by atoms with van der Waals surface area (Å²) in [4.78, 5) is 13.7. The molecule has 134 valence electrons. The van der Waals surface area contributed by atoms with Gasteiger partial charge in [-0.15, -0.1) is 0 Å². The quantitative estimate of drug-likeness (QED) is 0.704. The molecule has 0 bridgehead atoms. The Kier molecular flexibility index (Phi) is 6.62. The van der Waals surface area contributed by atoms with Crippen LogP contribution in [0, 0.1) is 0 Å². The largest absolute Gasteiger partial charge is 0.494 e. The summed E-state index contributed by atoms with van der Waals surface area (Å²) in [6, 6.07) is 6.55. The summed E-state index contributed by atoms with van der Waals surface area (Å²) in [5, 5.41) is 0. The Labute approximate surface area is 144 Å². The number of benzene rings is 1. The summed E-state index contributed by atoms with van der Waals surface area (Å²) in [7, 11) is -3.52. The molecule has 0 N–H and O–H groups in total. The van der Waals surface area contributed by atoms with Gasteiger partial charge in [0.15, 0.2) is 0 Å². The molecular weight excluding hydrogens is 328 g/mol. The first kappa shape index (κ1) is 18.7. The lowest BCUT2D eigenvalue weighted by atomic mass is 10.3. The van der Waals surface area contributed by atoms with Crippen LogP contribution < -0.4 is 4.74 Å². The molecule has 0 saturated carbocycles. The van der Waals surface area contributed by atoms with Gasteiger partial charge < -0.3 is 9.64 Å². The van der Waals surface area contributed by atoms with Gasteiger partial charge in [-0.3, -0.25) is 4.79 Å². The summed E-state index contributed by atoms with van der Waals surface area (Å²) in [6.45, 7) is 6.11. The van der Waals surface area contributed by atoms with E-state index >= 15 is 0 Å². The monoisotopic (exact) mass is 354 g/mol. The number of carbonyl (C=O) groups is 1. The van der Waals surface area contributed by atoms with Crippen LogP contribution >= 0.6 is 0 Å². The van der Waals surface area contributed by atoms with Crippen LogP contribution in [-0.2, 0) is 14.8 Å². The number of hydrogen-bond donors (Lipinski definition) is 0. The molecule has 1 heterocycles. The number of hydrogen-bond acceptors (Lipinski definition) is 4. The van der Waals surface area contributed by atoms with Gasteiger partial charge in [0.2, 0.25) is 15.9 Å². The van der Waals surface area contributed by atoms with Crippen LogP contribution in [0.2, 0.25) is 0 Å². The molecule has 24 heavy (non-hydrogen) atoms. The standard InChI is InChI=1S/C17H26N2O4S/c1-3-5-14-23-15-6-8-16(9-7-15)24(21,22)19-12-10-18(11-13-19)17(20)4-2/h6-9H,3-5,10-14H2,1-2H3. The highest BCUT2D eigenvalue weighted by molar-refractivity contribution is 7.89. The maximum atomic E-state index is 12.7. The summed E-state index contributed by atoms with van der Waals surface area (Å²) in [5.74, 6) is 0.751. The number of nitrogens with zero attached hydrogens (tertiary/aromatic N) is 2. The Morgan fingerprint density at radius 3 is 2.25 bits per heavy atom. The zero-order chi connectivity index (χ0) is 17.6. The number of rotatable bonds is 7. The molecule has 0 aliphatic carbocycles. The second kappa shape index (κ2) is 8.48. The average molecular weight is 354 g/mol. The molecule has 1 saturated heterocycles. The third-order valence-electron chi connectivity index (χ3n) is 4.12. The first-order chi connectivity index (χ1) is 11.5. The Morgan fingerprint density at radius 1 is 1.08 bits per heavy atom. The van der Waals surface area contributed by atoms with Crippen molar-refractivity contribution in [2.24, 2.45) is 0 Å². The van der Waals surface area contributed by atoms with Gasteiger partial charge in [-0.25, -0.2) is 8.42 Å². The van der Waals surface area contributed by atoms with Gasteiger partial charge in [-0.1, -0.05) is 20.3 Å². The smallest absolute Gasteiger partial charge is 0.243 e. The Bertz CT molecular complexity index is 635. The fourth-order valence-corrected chi connectivity index (χ4v) is 4.01. The van der Waals surface area contributed by atoms with Crippen molar-refractivity contribution in [1.29, 1.82) is 0 Å². The van der Waals surface area contributed by atoms with Crippen LogP contribution in [0.15, 0.2) is 29.2 Å².